The number of hydrogen-bond acceptors (Lipinski definition) is 3. The Morgan fingerprint density at radius 3 is 2.15 bits per heavy atom. The summed E-state index contributed by atoms with van der Waals surface area (Å²) in [5.74, 6) is 1.58. The van der Waals surface area contributed by atoms with E-state index < -0.39 is 0 Å². The van der Waals surface area contributed by atoms with Crippen molar-refractivity contribution in [2.45, 2.75) is 70.4 Å². The maximum Gasteiger partial charge on any atom is 0.289 e. The Bertz CT molecular complexity index is 622. The lowest BCUT2D eigenvalue weighted by atomic mass is 9.85. The summed E-state index contributed by atoms with van der Waals surface area (Å²) in [5.41, 5.74) is 0. The molecule has 3 aliphatic rings. The fourth-order valence-electron chi connectivity index (χ4n) is 4.63. The van der Waals surface area contributed by atoms with Crippen LogP contribution in [0.25, 0.3) is 0 Å². The molecule has 26 heavy (non-hydrogen) atoms. The van der Waals surface area contributed by atoms with E-state index >= 15 is 0 Å². The Hall–Kier alpha value is -1.78. The first-order valence-electron chi connectivity index (χ1n) is 10.3. The summed E-state index contributed by atoms with van der Waals surface area (Å²) in [6.07, 6.45) is 10.3. The summed E-state index contributed by atoms with van der Waals surface area (Å²) in [6, 6.07) is 4.39. The maximum atomic E-state index is 13.3. The fourth-order valence-corrected chi connectivity index (χ4v) is 4.63. The van der Waals surface area contributed by atoms with Crippen molar-refractivity contribution in [3.8, 4) is 0 Å². The number of rotatable bonds is 4. The second-order valence-electron chi connectivity index (χ2n) is 8.43. The molecule has 3 fully saturated rings. The summed E-state index contributed by atoms with van der Waals surface area (Å²) in [7, 11) is 0. The summed E-state index contributed by atoms with van der Waals surface area (Å²) >= 11 is 0. The highest BCUT2D eigenvalue weighted by molar-refractivity contribution is 5.91. The lowest BCUT2D eigenvalue weighted by Crippen LogP contribution is -2.49. The van der Waals surface area contributed by atoms with Crippen LogP contribution < -0.4 is 0 Å². The van der Waals surface area contributed by atoms with Gasteiger partial charge in [-0.15, -0.1) is 0 Å². The number of hydrogen-bond donors (Lipinski definition) is 0. The van der Waals surface area contributed by atoms with Gasteiger partial charge in [0, 0.05) is 31.1 Å². The van der Waals surface area contributed by atoms with Crippen molar-refractivity contribution in [2.24, 2.45) is 11.8 Å². The van der Waals surface area contributed by atoms with Crippen molar-refractivity contribution in [1.29, 1.82) is 0 Å². The number of likely N-dealkylation sites (tertiary alicyclic amines) is 1. The second-order valence-corrected chi connectivity index (χ2v) is 8.43. The van der Waals surface area contributed by atoms with E-state index in [1.54, 1.807) is 12.1 Å². The molecule has 2 aliphatic carbocycles. The van der Waals surface area contributed by atoms with Crippen LogP contribution in [0.5, 0.6) is 0 Å². The third kappa shape index (κ3) is 3.67. The van der Waals surface area contributed by atoms with Gasteiger partial charge in [0.2, 0.25) is 5.91 Å². The highest BCUT2D eigenvalue weighted by Crippen LogP contribution is 2.37. The summed E-state index contributed by atoms with van der Waals surface area (Å²) in [6.45, 7) is 3.62. The standard InChI is InChI=1S/C21H30N2O3/c1-15-4-6-17(7-5-15)23(18-8-9-18)20(24)16-10-12-22(13-11-16)21(25)19-3-2-14-26-19/h2-3,14-18H,4-13H2,1H3. The molecule has 1 aliphatic heterocycles. The highest BCUT2D eigenvalue weighted by atomic mass is 16.3. The summed E-state index contributed by atoms with van der Waals surface area (Å²) in [5, 5.41) is 0. The zero-order valence-corrected chi connectivity index (χ0v) is 15.7. The first kappa shape index (κ1) is 17.6. The summed E-state index contributed by atoms with van der Waals surface area (Å²) < 4.78 is 5.22. The zero-order chi connectivity index (χ0) is 18.1. The van der Waals surface area contributed by atoms with Gasteiger partial charge in [0.1, 0.15) is 0 Å². The zero-order valence-electron chi connectivity index (χ0n) is 15.7. The third-order valence-electron chi connectivity index (χ3n) is 6.44. The first-order chi connectivity index (χ1) is 12.6. The number of amides is 2. The van der Waals surface area contributed by atoms with E-state index in [0.717, 1.165) is 18.8 Å². The number of furan rings is 1. The molecule has 2 heterocycles. The van der Waals surface area contributed by atoms with Crippen LogP contribution in [0.3, 0.4) is 0 Å². The Morgan fingerprint density at radius 1 is 1.00 bits per heavy atom. The molecule has 0 spiro atoms. The van der Waals surface area contributed by atoms with Gasteiger partial charge >= 0.3 is 0 Å². The molecule has 1 aromatic heterocycles. The topological polar surface area (TPSA) is 53.8 Å². The molecule has 5 nitrogen and oxygen atoms in total. The first-order valence-corrected chi connectivity index (χ1v) is 10.3. The van der Waals surface area contributed by atoms with Crippen LogP contribution >= 0.6 is 0 Å². The highest BCUT2D eigenvalue weighted by Gasteiger charge is 2.41. The van der Waals surface area contributed by atoms with Crippen LogP contribution in [-0.4, -0.2) is 46.8 Å². The van der Waals surface area contributed by atoms with Crippen LogP contribution in [0.15, 0.2) is 22.8 Å². The number of carbonyl (C=O) groups is 2. The smallest absolute Gasteiger partial charge is 0.289 e. The quantitative estimate of drug-likeness (QED) is 0.825. The molecule has 142 valence electrons. The minimum atomic E-state index is -0.0544. The van der Waals surface area contributed by atoms with Crippen molar-refractivity contribution in [2.75, 3.05) is 13.1 Å². The van der Waals surface area contributed by atoms with Gasteiger partial charge in [0.05, 0.1) is 6.26 Å². The molecular weight excluding hydrogens is 328 g/mol. The number of nitrogens with zero attached hydrogens (tertiary/aromatic N) is 2. The van der Waals surface area contributed by atoms with E-state index in [1.807, 2.05) is 4.90 Å². The molecule has 0 N–H and O–H groups in total. The molecule has 0 radical (unpaired) electrons. The van der Waals surface area contributed by atoms with Gasteiger partial charge in [-0.25, -0.2) is 0 Å². The van der Waals surface area contributed by atoms with Gasteiger partial charge < -0.3 is 14.2 Å². The van der Waals surface area contributed by atoms with Crippen LogP contribution in [-0.2, 0) is 4.79 Å². The van der Waals surface area contributed by atoms with E-state index in [1.165, 1.54) is 44.8 Å². The predicted octanol–water partition coefficient (Wildman–Crippen LogP) is 3.70. The Kier molecular flexibility index (Phi) is 5.05. The van der Waals surface area contributed by atoms with E-state index in [2.05, 4.69) is 11.8 Å². The van der Waals surface area contributed by atoms with Crippen molar-refractivity contribution in [3.63, 3.8) is 0 Å². The monoisotopic (exact) mass is 358 g/mol. The van der Waals surface area contributed by atoms with Gasteiger partial charge in [0.25, 0.3) is 5.91 Å². The van der Waals surface area contributed by atoms with Gasteiger partial charge in [-0.1, -0.05) is 6.92 Å². The van der Waals surface area contributed by atoms with E-state index in [-0.39, 0.29) is 11.8 Å². The Labute approximate surface area is 155 Å². The fraction of sp³-hybridized carbons (Fsp3) is 0.714. The third-order valence-corrected chi connectivity index (χ3v) is 6.44. The van der Waals surface area contributed by atoms with E-state index in [0.29, 0.717) is 36.8 Å². The number of piperidine rings is 1. The second kappa shape index (κ2) is 7.45. The predicted molar refractivity (Wildman–Crippen MR) is 98.6 cm³/mol. The lowest BCUT2D eigenvalue weighted by Gasteiger charge is -2.40. The normalized spacial score (nSPS) is 27.3. The molecule has 0 atom stereocenters. The van der Waals surface area contributed by atoms with Gasteiger partial charge in [-0.2, -0.15) is 0 Å². The minimum absolute atomic E-state index is 0.0544. The maximum absolute atomic E-state index is 13.3. The molecule has 1 saturated heterocycles. The molecule has 0 unspecified atom stereocenters. The largest absolute Gasteiger partial charge is 0.459 e. The molecular formula is C21H30N2O3. The molecule has 0 bridgehead atoms. The van der Waals surface area contributed by atoms with E-state index in [4.69, 9.17) is 4.42 Å². The van der Waals surface area contributed by atoms with Gasteiger partial charge in [0.15, 0.2) is 5.76 Å². The molecule has 2 amide bonds. The van der Waals surface area contributed by atoms with Crippen LogP contribution in [0.4, 0.5) is 0 Å². The van der Waals surface area contributed by atoms with Gasteiger partial charge in [-0.05, 0) is 69.4 Å². The molecule has 4 rings (SSSR count). The summed E-state index contributed by atoms with van der Waals surface area (Å²) in [4.78, 5) is 29.8. The van der Waals surface area contributed by atoms with Crippen molar-refractivity contribution in [1.82, 2.24) is 9.80 Å². The van der Waals surface area contributed by atoms with Crippen molar-refractivity contribution < 1.29 is 14.0 Å². The van der Waals surface area contributed by atoms with Crippen LogP contribution in [0.1, 0.15) is 68.8 Å². The van der Waals surface area contributed by atoms with Crippen molar-refractivity contribution in [3.05, 3.63) is 24.2 Å². The Morgan fingerprint density at radius 2 is 1.62 bits per heavy atom. The van der Waals surface area contributed by atoms with Crippen molar-refractivity contribution >= 4 is 11.8 Å². The average molecular weight is 358 g/mol. The minimum Gasteiger partial charge on any atom is -0.459 e. The Balaban J connectivity index is 1.35. The van der Waals surface area contributed by atoms with Crippen LogP contribution in [0.2, 0.25) is 0 Å². The SMILES string of the molecule is CC1CCC(N(C(=O)C2CCN(C(=O)c3ccco3)CC2)C2CC2)CC1. The molecule has 2 saturated carbocycles. The molecule has 1 aromatic rings. The van der Waals surface area contributed by atoms with Gasteiger partial charge in [-0.3, -0.25) is 9.59 Å². The lowest BCUT2D eigenvalue weighted by molar-refractivity contribution is -0.141. The molecule has 0 aromatic carbocycles. The van der Waals surface area contributed by atoms with Crippen LogP contribution in [0, 0.1) is 11.8 Å². The number of carbonyl (C=O) groups excluding carboxylic acids is 2. The average Bonchev–Trinajstić information content (AvgIpc) is 3.34. The molecule has 5 heteroatoms. The van der Waals surface area contributed by atoms with E-state index in [9.17, 15) is 9.59 Å².